The molecule has 0 bridgehead atoms. The van der Waals surface area contributed by atoms with Crippen molar-refractivity contribution in [2.45, 2.75) is 26.0 Å². The fourth-order valence-corrected chi connectivity index (χ4v) is 3.15. The van der Waals surface area contributed by atoms with E-state index in [2.05, 4.69) is 10.6 Å². The second kappa shape index (κ2) is 10.9. The number of carbonyl (C=O) groups excluding carboxylic acids is 3. The SMILES string of the molecule is CC(C)[C@@H](OC(=O)[C@H](NC(=O)c1ccccc1)c1ccccc1)C(=O)Nc1ccccc1. The number of hydrogen-bond donors (Lipinski definition) is 2. The Balaban J connectivity index is 1.79. The van der Waals surface area contributed by atoms with Gasteiger partial charge in [-0.1, -0.05) is 80.6 Å². The lowest BCUT2D eigenvalue weighted by Crippen LogP contribution is -2.41. The van der Waals surface area contributed by atoms with Crippen LogP contribution < -0.4 is 10.6 Å². The highest BCUT2D eigenvalue weighted by molar-refractivity contribution is 5.98. The Labute approximate surface area is 187 Å². The number of carbonyl (C=O) groups is 3. The van der Waals surface area contributed by atoms with E-state index in [-0.39, 0.29) is 5.92 Å². The number of para-hydroxylation sites is 1. The predicted octanol–water partition coefficient (Wildman–Crippen LogP) is 4.36. The molecule has 2 N–H and O–H groups in total. The van der Waals surface area contributed by atoms with E-state index in [1.54, 1.807) is 92.7 Å². The van der Waals surface area contributed by atoms with E-state index in [0.29, 0.717) is 16.8 Å². The highest BCUT2D eigenvalue weighted by Gasteiger charge is 2.32. The molecule has 0 aliphatic carbocycles. The van der Waals surface area contributed by atoms with Crippen LogP contribution in [0, 0.1) is 5.92 Å². The standard InChI is InChI=1S/C26H26N2O4/c1-18(2)23(25(30)27-21-16-10-5-11-17-21)32-26(31)22(19-12-6-3-7-13-19)28-24(29)20-14-8-4-9-15-20/h3-18,22-23H,1-2H3,(H,27,30)(H,28,29)/t22-,23-/m1/s1. The molecule has 0 aliphatic rings. The second-order valence-electron chi connectivity index (χ2n) is 7.64. The van der Waals surface area contributed by atoms with Crippen molar-refractivity contribution in [1.82, 2.24) is 5.32 Å². The normalized spacial score (nSPS) is 12.5. The minimum absolute atomic E-state index is 0.274. The van der Waals surface area contributed by atoms with Crippen molar-refractivity contribution in [3.8, 4) is 0 Å². The molecular formula is C26H26N2O4. The Morgan fingerprint density at radius 1 is 0.750 bits per heavy atom. The van der Waals surface area contributed by atoms with Gasteiger partial charge in [0.2, 0.25) is 0 Å². The molecule has 3 aromatic rings. The summed E-state index contributed by atoms with van der Waals surface area (Å²) in [5, 5.41) is 5.51. The molecule has 0 heterocycles. The van der Waals surface area contributed by atoms with E-state index in [9.17, 15) is 14.4 Å². The molecule has 0 aliphatic heterocycles. The smallest absolute Gasteiger partial charge is 0.334 e. The van der Waals surface area contributed by atoms with E-state index in [1.807, 2.05) is 12.1 Å². The minimum atomic E-state index is -1.06. The topological polar surface area (TPSA) is 84.5 Å². The molecule has 2 atom stereocenters. The van der Waals surface area contributed by atoms with Crippen molar-refractivity contribution in [3.63, 3.8) is 0 Å². The minimum Gasteiger partial charge on any atom is -0.450 e. The van der Waals surface area contributed by atoms with Crippen LogP contribution in [-0.2, 0) is 14.3 Å². The number of anilines is 1. The number of benzene rings is 3. The Bertz CT molecular complexity index is 1040. The van der Waals surface area contributed by atoms with Crippen LogP contribution in [0.25, 0.3) is 0 Å². The zero-order valence-electron chi connectivity index (χ0n) is 18.0. The van der Waals surface area contributed by atoms with Crippen molar-refractivity contribution in [2.75, 3.05) is 5.32 Å². The summed E-state index contributed by atoms with van der Waals surface area (Å²) in [6.07, 6.45) is -1.03. The van der Waals surface area contributed by atoms with Crippen molar-refractivity contribution < 1.29 is 19.1 Å². The lowest BCUT2D eigenvalue weighted by atomic mass is 10.0. The maximum Gasteiger partial charge on any atom is 0.334 e. The third-order valence-corrected chi connectivity index (χ3v) is 4.83. The van der Waals surface area contributed by atoms with E-state index in [0.717, 1.165) is 0 Å². The van der Waals surface area contributed by atoms with Gasteiger partial charge in [-0.15, -0.1) is 0 Å². The maximum absolute atomic E-state index is 13.2. The Kier molecular flexibility index (Phi) is 7.75. The number of amides is 2. The Hall–Kier alpha value is -3.93. The van der Waals surface area contributed by atoms with Gasteiger partial charge in [0, 0.05) is 11.3 Å². The molecule has 0 radical (unpaired) electrons. The summed E-state index contributed by atoms with van der Waals surface area (Å²) >= 11 is 0. The number of nitrogens with one attached hydrogen (secondary N) is 2. The first-order chi connectivity index (χ1) is 15.5. The maximum atomic E-state index is 13.2. The summed E-state index contributed by atoms with van der Waals surface area (Å²) < 4.78 is 5.63. The third-order valence-electron chi connectivity index (χ3n) is 4.83. The third kappa shape index (κ3) is 6.04. The van der Waals surface area contributed by atoms with Gasteiger partial charge < -0.3 is 15.4 Å². The second-order valence-corrected chi connectivity index (χ2v) is 7.64. The molecule has 164 valence electrons. The Morgan fingerprint density at radius 3 is 1.84 bits per heavy atom. The summed E-state index contributed by atoms with van der Waals surface area (Å²) in [5.41, 5.74) is 1.59. The molecule has 2 amide bonds. The fourth-order valence-electron chi connectivity index (χ4n) is 3.15. The molecule has 0 unspecified atom stereocenters. The Morgan fingerprint density at radius 2 is 1.28 bits per heavy atom. The lowest BCUT2D eigenvalue weighted by molar-refractivity contribution is -0.158. The molecule has 0 spiro atoms. The zero-order chi connectivity index (χ0) is 22.9. The van der Waals surface area contributed by atoms with Crippen LogP contribution in [0.15, 0.2) is 91.0 Å². The molecule has 3 aromatic carbocycles. The lowest BCUT2D eigenvalue weighted by Gasteiger charge is -2.24. The monoisotopic (exact) mass is 430 g/mol. The van der Waals surface area contributed by atoms with Crippen LogP contribution in [0.1, 0.15) is 35.8 Å². The van der Waals surface area contributed by atoms with Crippen molar-refractivity contribution in [1.29, 1.82) is 0 Å². The van der Waals surface area contributed by atoms with Gasteiger partial charge in [-0.05, 0) is 35.7 Å². The average molecular weight is 431 g/mol. The number of rotatable bonds is 8. The van der Waals surface area contributed by atoms with Crippen molar-refractivity contribution >= 4 is 23.5 Å². The molecular weight excluding hydrogens is 404 g/mol. The molecule has 0 fully saturated rings. The van der Waals surface area contributed by atoms with E-state index >= 15 is 0 Å². The van der Waals surface area contributed by atoms with Crippen LogP contribution in [0.2, 0.25) is 0 Å². The van der Waals surface area contributed by atoms with Gasteiger partial charge in [-0.25, -0.2) is 4.79 Å². The first-order valence-electron chi connectivity index (χ1n) is 10.4. The average Bonchev–Trinajstić information content (AvgIpc) is 2.82. The van der Waals surface area contributed by atoms with E-state index < -0.39 is 29.9 Å². The van der Waals surface area contributed by atoms with Gasteiger partial charge in [0.1, 0.15) is 0 Å². The summed E-state index contributed by atoms with van der Waals surface area (Å²) in [5.74, 6) is -1.82. The highest BCUT2D eigenvalue weighted by atomic mass is 16.5. The van der Waals surface area contributed by atoms with E-state index in [4.69, 9.17) is 4.74 Å². The summed E-state index contributed by atoms with van der Waals surface area (Å²) in [7, 11) is 0. The number of ether oxygens (including phenoxy) is 1. The summed E-state index contributed by atoms with van der Waals surface area (Å²) in [6, 6.07) is 25.3. The molecule has 32 heavy (non-hydrogen) atoms. The van der Waals surface area contributed by atoms with Crippen molar-refractivity contribution in [2.24, 2.45) is 5.92 Å². The van der Waals surface area contributed by atoms with Gasteiger partial charge in [0.25, 0.3) is 11.8 Å². The van der Waals surface area contributed by atoms with Crippen LogP contribution in [0.3, 0.4) is 0 Å². The first kappa shape index (κ1) is 22.7. The van der Waals surface area contributed by atoms with Gasteiger partial charge in [-0.3, -0.25) is 9.59 Å². The van der Waals surface area contributed by atoms with Crippen LogP contribution in [0.4, 0.5) is 5.69 Å². The van der Waals surface area contributed by atoms with Gasteiger partial charge in [-0.2, -0.15) is 0 Å². The predicted molar refractivity (Wildman–Crippen MR) is 123 cm³/mol. The van der Waals surface area contributed by atoms with E-state index in [1.165, 1.54) is 0 Å². The molecule has 0 saturated carbocycles. The number of hydrogen-bond acceptors (Lipinski definition) is 4. The highest BCUT2D eigenvalue weighted by Crippen LogP contribution is 2.19. The molecule has 6 nitrogen and oxygen atoms in total. The summed E-state index contributed by atoms with van der Waals surface area (Å²) in [6.45, 7) is 3.59. The number of esters is 1. The fraction of sp³-hybridized carbons (Fsp3) is 0.192. The van der Waals surface area contributed by atoms with Gasteiger partial charge >= 0.3 is 5.97 Å². The van der Waals surface area contributed by atoms with Crippen LogP contribution >= 0.6 is 0 Å². The van der Waals surface area contributed by atoms with Gasteiger partial charge in [0.15, 0.2) is 12.1 Å². The molecule has 0 aromatic heterocycles. The van der Waals surface area contributed by atoms with Crippen molar-refractivity contribution in [3.05, 3.63) is 102 Å². The summed E-state index contributed by atoms with van der Waals surface area (Å²) in [4.78, 5) is 38.7. The zero-order valence-corrected chi connectivity index (χ0v) is 18.0. The molecule has 0 saturated heterocycles. The molecule has 3 rings (SSSR count). The first-order valence-corrected chi connectivity index (χ1v) is 10.4. The van der Waals surface area contributed by atoms with Gasteiger partial charge in [0.05, 0.1) is 0 Å². The quantitative estimate of drug-likeness (QED) is 0.520. The van der Waals surface area contributed by atoms with Crippen LogP contribution in [0.5, 0.6) is 0 Å². The molecule has 6 heteroatoms. The van der Waals surface area contributed by atoms with Crippen LogP contribution in [-0.4, -0.2) is 23.9 Å². The largest absolute Gasteiger partial charge is 0.450 e.